The summed E-state index contributed by atoms with van der Waals surface area (Å²) in [5.41, 5.74) is 4.37. The number of methoxy groups -OCH3 is 1. The van der Waals surface area contributed by atoms with Crippen molar-refractivity contribution in [3.05, 3.63) is 96.6 Å². The molecule has 1 amide bonds. The van der Waals surface area contributed by atoms with Crippen LogP contribution in [0.3, 0.4) is 0 Å². The molecule has 0 saturated carbocycles. The van der Waals surface area contributed by atoms with Gasteiger partial charge in [0, 0.05) is 51.3 Å². The van der Waals surface area contributed by atoms with Gasteiger partial charge in [0.2, 0.25) is 0 Å². The van der Waals surface area contributed by atoms with Crippen molar-refractivity contribution in [2.45, 2.75) is 6.42 Å². The summed E-state index contributed by atoms with van der Waals surface area (Å²) < 4.78 is 6.90. The molecule has 1 aliphatic rings. The van der Waals surface area contributed by atoms with Gasteiger partial charge in [-0.2, -0.15) is 5.10 Å². The predicted molar refractivity (Wildman–Crippen MR) is 141 cm³/mol. The molecule has 1 fully saturated rings. The zero-order chi connectivity index (χ0) is 24.7. The molecule has 4 aromatic rings. The van der Waals surface area contributed by atoms with E-state index in [4.69, 9.17) is 4.74 Å². The standard InChI is InChI=1S/C28H30N6O2/c1-36-24-8-6-23(7-9-24)34-17-13-26(31-34)28(35)30-25-4-2-3-5-27(25)33-20-18-32(19-21-33)16-12-22-10-14-29-15-11-22/h2-11,13-15,17H,12,16,18-21H2,1H3,(H,30,35). The molecule has 8 nitrogen and oxygen atoms in total. The Balaban J connectivity index is 1.20. The molecule has 184 valence electrons. The van der Waals surface area contributed by atoms with Crippen molar-refractivity contribution >= 4 is 17.3 Å². The van der Waals surface area contributed by atoms with Crippen LogP contribution in [0.4, 0.5) is 11.4 Å². The Labute approximate surface area is 211 Å². The van der Waals surface area contributed by atoms with Gasteiger partial charge >= 0.3 is 0 Å². The van der Waals surface area contributed by atoms with E-state index in [2.05, 4.69) is 43.4 Å². The quantitative estimate of drug-likeness (QED) is 0.411. The van der Waals surface area contributed by atoms with E-state index in [-0.39, 0.29) is 5.91 Å². The number of amides is 1. The molecule has 8 heteroatoms. The Kier molecular flexibility index (Phi) is 7.23. The summed E-state index contributed by atoms with van der Waals surface area (Å²) in [7, 11) is 1.63. The van der Waals surface area contributed by atoms with Gasteiger partial charge in [-0.05, 0) is 66.6 Å². The van der Waals surface area contributed by atoms with Crippen molar-refractivity contribution in [2.75, 3.05) is 50.1 Å². The van der Waals surface area contributed by atoms with Crippen molar-refractivity contribution < 1.29 is 9.53 Å². The maximum absolute atomic E-state index is 13.0. The van der Waals surface area contributed by atoms with E-state index in [0.717, 1.165) is 62.0 Å². The van der Waals surface area contributed by atoms with E-state index in [9.17, 15) is 4.79 Å². The Morgan fingerprint density at radius 1 is 0.944 bits per heavy atom. The molecule has 1 N–H and O–H groups in total. The first-order valence-corrected chi connectivity index (χ1v) is 12.2. The molecule has 0 radical (unpaired) electrons. The number of anilines is 2. The molecule has 0 spiro atoms. The average Bonchev–Trinajstić information content (AvgIpc) is 3.44. The maximum Gasteiger partial charge on any atom is 0.276 e. The molecule has 1 saturated heterocycles. The summed E-state index contributed by atoms with van der Waals surface area (Å²) in [5.74, 6) is 0.542. The van der Waals surface area contributed by atoms with Gasteiger partial charge in [-0.25, -0.2) is 4.68 Å². The van der Waals surface area contributed by atoms with Gasteiger partial charge in [0.15, 0.2) is 5.69 Å². The fraction of sp³-hybridized carbons (Fsp3) is 0.250. The van der Waals surface area contributed by atoms with E-state index in [1.165, 1.54) is 5.56 Å². The van der Waals surface area contributed by atoms with Crippen LogP contribution in [-0.4, -0.2) is 65.4 Å². The Hall–Kier alpha value is -4.17. The summed E-state index contributed by atoms with van der Waals surface area (Å²) in [6, 6.07) is 21.4. The third-order valence-electron chi connectivity index (χ3n) is 6.49. The molecule has 0 aliphatic carbocycles. The highest BCUT2D eigenvalue weighted by molar-refractivity contribution is 6.04. The Morgan fingerprint density at radius 3 is 2.44 bits per heavy atom. The second-order valence-corrected chi connectivity index (χ2v) is 8.75. The number of nitrogens with zero attached hydrogens (tertiary/aromatic N) is 5. The van der Waals surface area contributed by atoms with Crippen LogP contribution in [0, 0.1) is 0 Å². The highest BCUT2D eigenvalue weighted by Crippen LogP contribution is 2.27. The molecule has 0 atom stereocenters. The lowest BCUT2D eigenvalue weighted by Gasteiger charge is -2.37. The summed E-state index contributed by atoms with van der Waals surface area (Å²) in [6.45, 7) is 4.83. The Morgan fingerprint density at radius 2 is 1.69 bits per heavy atom. The summed E-state index contributed by atoms with van der Waals surface area (Å²) in [4.78, 5) is 22.0. The second-order valence-electron chi connectivity index (χ2n) is 8.75. The lowest BCUT2D eigenvalue weighted by molar-refractivity contribution is 0.102. The number of piperazine rings is 1. The van der Waals surface area contributed by atoms with Crippen LogP contribution in [0.2, 0.25) is 0 Å². The van der Waals surface area contributed by atoms with Crippen LogP contribution < -0.4 is 15.0 Å². The largest absolute Gasteiger partial charge is 0.497 e. The lowest BCUT2D eigenvalue weighted by atomic mass is 10.1. The number of hydrogen-bond acceptors (Lipinski definition) is 6. The van der Waals surface area contributed by atoms with E-state index in [1.54, 1.807) is 24.1 Å². The highest BCUT2D eigenvalue weighted by atomic mass is 16.5. The third kappa shape index (κ3) is 5.55. The number of carbonyl (C=O) groups excluding carboxylic acids is 1. The van der Waals surface area contributed by atoms with Crippen molar-refractivity contribution in [3.63, 3.8) is 0 Å². The monoisotopic (exact) mass is 482 g/mol. The van der Waals surface area contributed by atoms with E-state index >= 15 is 0 Å². The molecule has 1 aliphatic heterocycles. The number of nitrogens with one attached hydrogen (secondary N) is 1. The first kappa shape index (κ1) is 23.6. The van der Waals surface area contributed by atoms with Gasteiger partial charge in [-0.15, -0.1) is 0 Å². The minimum absolute atomic E-state index is 0.231. The second kappa shape index (κ2) is 11.0. The van der Waals surface area contributed by atoms with Crippen molar-refractivity contribution in [1.29, 1.82) is 0 Å². The number of rotatable bonds is 8. The van der Waals surface area contributed by atoms with E-state index in [1.807, 2.05) is 54.9 Å². The van der Waals surface area contributed by atoms with Gasteiger partial charge in [0.1, 0.15) is 5.75 Å². The van der Waals surface area contributed by atoms with E-state index in [0.29, 0.717) is 5.69 Å². The first-order chi connectivity index (χ1) is 17.7. The topological polar surface area (TPSA) is 75.5 Å². The van der Waals surface area contributed by atoms with Crippen LogP contribution in [0.1, 0.15) is 16.1 Å². The molecular weight excluding hydrogens is 452 g/mol. The maximum atomic E-state index is 13.0. The molecule has 2 aromatic carbocycles. The molecule has 36 heavy (non-hydrogen) atoms. The van der Waals surface area contributed by atoms with Crippen molar-refractivity contribution in [1.82, 2.24) is 19.7 Å². The molecule has 5 rings (SSSR count). The minimum atomic E-state index is -0.231. The number of aromatic nitrogens is 3. The number of para-hydroxylation sites is 2. The minimum Gasteiger partial charge on any atom is -0.497 e. The van der Waals surface area contributed by atoms with Crippen molar-refractivity contribution in [2.24, 2.45) is 0 Å². The predicted octanol–water partition coefficient (Wildman–Crippen LogP) is 3.89. The number of ether oxygens (including phenoxy) is 1. The number of benzene rings is 2. The SMILES string of the molecule is COc1ccc(-n2ccc(C(=O)Nc3ccccc3N3CCN(CCc4ccncc4)CC3)n2)cc1. The zero-order valence-electron chi connectivity index (χ0n) is 20.4. The van der Waals surface area contributed by atoms with Gasteiger partial charge < -0.3 is 15.0 Å². The lowest BCUT2D eigenvalue weighted by Crippen LogP contribution is -2.47. The summed E-state index contributed by atoms with van der Waals surface area (Å²) >= 11 is 0. The van der Waals surface area contributed by atoms with Crippen LogP contribution in [0.25, 0.3) is 5.69 Å². The smallest absolute Gasteiger partial charge is 0.276 e. The summed E-state index contributed by atoms with van der Waals surface area (Å²) in [6.07, 6.45) is 6.51. The highest BCUT2D eigenvalue weighted by Gasteiger charge is 2.20. The van der Waals surface area contributed by atoms with Crippen LogP contribution in [-0.2, 0) is 6.42 Å². The summed E-state index contributed by atoms with van der Waals surface area (Å²) in [5, 5.41) is 7.54. The van der Waals surface area contributed by atoms with Gasteiger partial charge in [0.05, 0.1) is 24.2 Å². The number of hydrogen-bond donors (Lipinski definition) is 1. The van der Waals surface area contributed by atoms with Crippen LogP contribution in [0.5, 0.6) is 5.75 Å². The first-order valence-electron chi connectivity index (χ1n) is 12.2. The van der Waals surface area contributed by atoms with Crippen LogP contribution >= 0.6 is 0 Å². The molecule has 2 aromatic heterocycles. The molecule has 0 unspecified atom stereocenters. The molecular formula is C28H30N6O2. The normalized spacial score (nSPS) is 14.0. The number of carbonyl (C=O) groups is 1. The molecule has 0 bridgehead atoms. The third-order valence-corrected chi connectivity index (χ3v) is 6.49. The van der Waals surface area contributed by atoms with Gasteiger partial charge in [-0.3, -0.25) is 14.7 Å². The van der Waals surface area contributed by atoms with Crippen LogP contribution in [0.15, 0.2) is 85.3 Å². The van der Waals surface area contributed by atoms with E-state index < -0.39 is 0 Å². The average molecular weight is 483 g/mol. The zero-order valence-corrected chi connectivity index (χ0v) is 20.4. The van der Waals surface area contributed by atoms with Gasteiger partial charge in [-0.1, -0.05) is 12.1 Å². The van der Waals surface area contributed by atoms with Crippen molar-refractivity contribution in [3.8, 4) is 11.4 Å². The number of pyridine rings is 1. The van der Waals surface area contributed by atoms with Gasteiger partial charge in [0.25, 0.3) is 5.91 Å². The fourth-order valence-corrected chi connectivity index (χ4v) is 4.41. The Bertz CT molecular complexity index is 1280. The fourth-order valence-electron chi connectivity index (χ4n) is 4.41. The molecule has 3 heterocycles.